The quantitative estimate of drug-likeness (QED) is 0.627. The Bertz CT molecular complexity index is 603. The van der Waals surface area contributed by atoms with Crippen LogP contribution < -0.4 is 4.74 Å². The summed E-state index contributed by atoms with van der Waals surface area (Å²) in [4.78, 5) is 0. The van der Waals surface area contributed by atoms with Crippen molar-refractivity contribution in [2.45, 2.75) is 12.8 Å². The van der Waals surface area contributed by atoms with E-state index in [4.69, 9.17) is 16.3 Å². The highest BCUT2D eigenvalue weighted by atomic mass is 79.9. The van der Waals surface area contributed by atoms with Crippen molar-refractivity contribution in [2.75, 3.05) is 12.4 Å². The molecule has 4 heteroatoms. The molecule has 21 heavy (non-hydrogen) atoms. The van der Waals surface area contributed by atoms with E-state index in [2.05, 4.69) is 22.0 Å². The van der Waals surface area contributed by atoms with E-state index in [1.807, 2.05) is 24.3 Å². The molecule has 0 aliphatic rings. The summed E-state index contributed by atoms with van der Waals surface area (Å²) in [5, 5.41) is 1.06. The lowest BCUT2D eigenvalue weighted by atomic mass is 9.94. The van der Waals surface area contributed by atoms with Crippen molar-refractivity contribution >= 4 is 27.5 Å². The van der Waals surface area contributed by atoms with Gasteiger partial charge in [-0.1, -0.05) is 51.8 Å². The van der Waals surface area contributed by atoms with Gasteiger partial charge in [0.15, 0.2) is 0 Å². The van der Waals surface area contributed by atoms with Crippen LogP contribution in [-0.4, -0.2) is 12.4 Å². The maximum absolute atomic E-state index is 13.5. The molecule has 0 aliphatic heterocycles. The average Bonchev–Trinajstić information content (AvgIpc) is 2.51. The van der Waals surface area contributed by atoms with Crippen LogP contribution in [0, 0.1) is 11.7 Å². The first-order chi connectivity index (χ1) is 10.1. The molecule has 1 nitrogen and oxygen atoms in total. The maximum Gasteiger partial charge on any atom is 0.142 e. The van der Waals surface area contributed by atoms with E-state index in [0.29, 0.717) is 5.92 Å². The Kier molecular flexibility index (Phi) is 6.07. The minimum absolute atomic E-state index is 0.231. The second-order valence-corrected chi connectivity index (χ2v) is 6.02. The molecule has 0 bridgehead atoms. The highest BCUT2D eigenvalue weighted by Gasteiger charge is 2.14. The maximum atomic E-state index is 13.5. The highest BCUT2D eigenvalue weighted by molar-refractivity contribution is 9.09. The molecule has 0 spiro atoms. The Labute approximate surface area is 138 Å². The average molecular weight is 372 g/mol. The molecule has 0 saturated heterocycles. The second kappa shape index (κ2) is 7.81. The largest absolute Gasteiger partial charge is 0.497 e. The summed E-state index contributed by atoms with van der Waals surface area (Å²) >= 11 is 9.58. The van der Waals surface area contributed by atoms with E-state index < -0.39 is 0 Å². The van der Waals surface area contributed by atoms with Crippen LogP contribution in [0.5, 0.6) is 5.75 Å². The molecule has 0 amide bonds. The van der Waals surface area contributed by atoms with E-state index in [-0.39, 0.29) is 10.8 Å². The minimum Gasteiger partial charge on any atom is -0.497 e. The van der Waals surface area contributed by atoms with Gasteiger partial charge in [-0.05, 0) is 48.1 Å². The molecule has 112 valence electrons. The monoisotopic (exact) mass is 370 g/mol. The zero-order valence-electron chi connectivity index (χ0n) is 11.8. The van der Waals surface area contributed by atoms with Crippen LogP contribution in [-0.2, 0) is 12.8 Å². The lowest BCUT2D eigenvalue weighted by Crippen LogP contribution is -2.10. The smallest absolute Gasteiger partial charge is 0.142 e. The number of rotatable bonds is 6. The third kappa shape index (κ3) is 4.45. The summed E-state index contributed by atoms with van der Waals surface area (Å²) in [5.41, 5.74) is 2.05. The van der Waals surface area contributed by atoms with Crippen molar-refractivity contribution < 1.29 is 9.13 Å². The standard InChI is InChI=1S/C17H17BrClFO/c1-21-15-6-2-4-12(10-15)8-13(11-18)9-14-5-3-7-16(20)17(14)19/h2-7,10,13H,8-9,11H2,1H3. The molecule has 2 aromatic carbocycles. The first-order valence-corrected chi connectivity index (χ1v) is 8.25. The van der Waals surface area contributed by atoms with E-state index in [1.165, 1.54) is 11.6 Å². The molecule has 2 aromatic rings. The summed E-state index contributed by atoms with van der Waals surface area (Å²) in [6.07, 6.45) is 1.62. The van der Waals surface area contributed by atoms with E-state index in [9.17, 15) is 4.39 Å². The molecule has 2 rings (SSSR count). The fraction of sp³-hybridized carbons (Fsp3) is 0.294. The van der Waals surface area contributed by atoms with Crippen molar-refractivity contribution in [3.63, 3.8) is 0 Å². The van der Waals surface area contributed by atoms with Crippen LogP contribution in [0.3, 0.4) is 0 Å². The fourth-order valence-corrected chi connectivity index (χ4v) is 2.99. The Balaban J connectivity index is 2.11. The van der Waals surface area contributed by atoms with Crippen molar-refractivity contribution in [3.8, 4) is 5.75 Å². The summed E-state index contributed by atoms with van der Waals surface area (Å²) in [7, 11) is 1.66. The van der Waals surface area contributed by atoms with Crippen LogP contribution in [0.1, 0.15) is 11.1 Å². The first kappa shape index (κ1) is 16.3. The van der Waals surface area contributed by atoms with Gasteiger partial charge < -0.3 is 4.74 Å². The molecular formula is C17H17BrClFO. The van der Waals surface area contributed by atoms with E-state index >= 15 is 0 Å². The predicted octanol–water partition coefficient (Wildman–Crippen LogP) is 5.28. The Morgan fingerprint density at radius 2 is 1.95 bits per heavy atom. The van der Waals surface area contributed by atoms with Crippen LogP contribution in [0.15, 0.2) is 42.5 Å². The minimum atomic E-state index is -0.358. The van der Waals surface area contributed by atoms with Crippen molar-refractivity contribution in [1.82, 2.24) is 0 Å². The number of hydrogen-bond donors (Lipinski definition) is 0. The normalized spacial score (nSPS) is 12.2. The van der Waals surface area contributed by atoms with Gasteiger partial charge in [0.05, 0.1) is 12.1 Å². The Morgan fingerprint density at radius 3 is 2.67 bits per heavy atom. The van der Waals surface area contributed by atoms with Gasteiger partial charge >= 0.3 is 0 Å². The Hall–Kier alpha value is -1.06. The predicted molar refractivity (Wildman–Crippen MR) is 89.1 cm³/mol. The molecule has 0 fully saturated rings. The van der Waals surface area contributed by atoms with Crippen molar-refractivity contribution in [1.29, 1.82) is 0 Å². The van der Waals surface area contributed by atoms with Gasteiger partial charge in [0.1, 0.15) is 11.6 Å². The molecule has 0 saturated carbocycles. The van der Waals surface area contributed by atoms with Gasteiger partial charge in [0.25, 0.3) is 0 Å². The van der Waals surface area contributed by atoms with Crippen LogP contribution in [0.4, 0.5) is 4.39 Å². The first-order valence-electron chi connectivity index (χ1n) is 6.75. The molecule has 0 N–H and O–H groups in total. The number of hydrogen-bond acceptors (Lipinski definition) is 1. The third-order valence-corrected chi connectivity index (χ3v) is 4.76. The van der Waals surface area contributed by atoms with Crippen molar-refractivity contribution in [2.24, 2.45) is 5.92 Å². The zero-order chi connectivity index (χ0) is 15.2. The second-order valence-electron chi connectivity index (χ2n) is 4.99. The number of halogens is 3. The summed E-state index contributed by atoms with van der Waals surface area (Å²) in [6.45, 7) is 0. The zero-order valence-corrected chi connectivity index (χ0v) is 14.1. The fourth-order valence-electron chi connectivity index (χ4n) is 2.33. The molecule has 1 atom stereocenters. The molecule has 0 aromatic heterocycles. The van der Waals surface area contributed by atoms with Gasteiger partial charge in [-0.15, -0.1) is 0 Å². The summed E-state index contributed by atoms with van der Waals surface area (Å²) < 4.78 is 18.7. The number of alkyl halides is 1. The summed E-state index contributed by atoms with van der Waals surface area (Å²) in [5.74, 6) is 0.838. The van der Waals surface area contributed by atoms with Crippen LogP contribution in [0.2, 0.25) is 5.02 Å². The third-order valence-electron chi connectivity index (χ3n) is 3.42. The van der Waals surface area contributed by atoms with Gasteiger partial charge in [-0.3, -0.25) is 0 Å². The molecular weight excluding hydrogens is 355 g/mol. The lowest BCUT2D eigenvalue weighted by molar-refractivity contribution is 0.414. The summed E-state index contributed by atoms with van der Waals surface area (Å²) in [6, 6.07) is 13.0. The van der Waals surface area contributed by atoms with Crippen LogP contribution >= 0.6 is 27.5 Å². The van der Waals surface area contributed by atoms with E-state index in [0.717, 1.165) is 29.5 Å². The Morgan fingerprint density at radius 1 is 1.19 bits per heavy atom. The van der Waals surface area contributed by atoms with Gasteiger partial charge in [-0.25, -0.2) is 4.39 Å². The number of methoxy groups -OCH3 is 1. The van der Waals surface area contributed by atoms with Crippen LogP contribution in [0.25, 0.3) is 0 Å². The molecule has 0 heterocycles. The molecule has 0 aliphatic carbocycles. The lowest BCUT2D eigenvalue weighted by Gasteiger charge is -2.16. The van der Waals surface area contributed by atoms with Gasteiger partial charge in [0, 0.05) is 5.33 Å². The number of benzene rings is 2. The van der Waals surface area contributed by atoms with Crippen molar-refractivity contribution in [3.05, 3.63) is 64.4 Å². The SMILES string of the molecule is COc1cccc(CC(CBr)Cc2cccc(F)c2Cl)c1. The number of ether oxygens (including phenoxy) is 1. The van der Waals surface area contributed by atoms with Gasteiger partial charge in [-0.2, -0.15) is 0 Å². The molecule has 1 unspecified atom stereocenters. The van der Waals surface area contributed by atoms with E-state index in [1.54, 1.807) is 13.2 Å². The highest BCUT2D eigenvalue weighted by Crippen LogP contribution is 2.25. The topological polar surface area (TPSA) is 9.23 Å². The van der Waals surface area contributed by atoms with Gasteiger partial charge in [0.2, 0.25) is 0 Å². The molecule has 0 radical (unpaired) electrons.